The number of carbonyl (C=O) groups excluding carboxylic acids is 1. The van der Waals surface area contributed by atoms with Gasteiger partial charge in [-0.25, -0.2) is 17.2 Å². The summed E-state index contributed by atoms with van der Waals surface area (Å²) in [7, 11) is -3.85. The van der Waals surface area contributed by atoms with Crippen LogP contribution in [-0.2, 0) is 14.8 Å². The van der Waals surface area contributed by atoms with E-state index in [9.17, 15) is 22.0 Å². The average molecular weight is 478 g/mol. The number of hydrogen-bond donors (Lipinski definition) is 1. The Morgan fingerprint density at radius 2 is 1.60 bits per heavy atom. The van der Waals surface area contributed by atoms with Crippen LogP contribution in [0.25, 0.3) is 0 Å². The summed E-state index contributed by atoms with van der Waals surface area (Å²) in [6.45, 7) is 2.34. The standard InChI is InChI=1S/C19H19Cl2F2N3O3S/c1-12(19(27)24-18-14(22)5-3-6-15(18)23)25-8-10-26(11-9-25)30(28,29)16-7-2-4-13(20)17(16)21/h2-7,12H,8-11H2,1H3,(H,24,27). The monoisotopic (exact) mass is 477 g/mol. The lowest BCUT2D eigenvalue weighted by Crippen LogP contribution is -2.54. The minimum absolute atomic E-state index is 0.0405. The molecular weight excluding hydrogens is 459 g/mol. The lowest BCUT2D eigenvalue weighted by molar-refractivity contribution is -0.121. The smallest absolute Gasteiger partial charge is 0.244 e. The van der Waals surface area contributed by atoms with Gasteiger partial charge in [-0.15, -0.1) is 0 Å². The maximum absolute atomic E-state index is 13.8. The molecule has 1 atom stereocenters. The number of carbonyl (C=O) groups is 1. The van der Waals surface area contributed by atoms with Crippen molar-refractivity contribution in [1.82, 2.24) is 9.21 Å². The molecule has 1 N–H and O–H groups in total. The molecule has 0 spiro atoms. The van der Waals surface area contributed by atoms with Crippen LogP contribution in [0.1, 0.15) is 6.92 Å². The number of halogens is 4. The van der Waals surface area contributed by atoms with Gasteiger partial charge in [-0.05, 0) is 31.2 Å². The van der Waals surface area contributed by atoms with Crippen LogP contribution in [0.15, 0.2) is 41.3 Å². The first-order valence-electron chi connectivity index (χ1n) is 9.06. The molecule has 0 saturated carbocycles. The van der Waals surface area contributed by atoms with Crippen LogP contribution < -0.4 is 5.32 Å². The molecule has 0 radical (unpaired) electrons. The van der Waals surface area contributed by atoms with E-state index in [0.717, 1.165) is 12.1 Å². The first-order valence-corrected chi connectivity index (χ1v) is 11.3. The van der Waals surface area contributed by atoms with Crippen molar-refractivity contribution in [3.63, 3.8) is 0 Å². The maximum atomic E-state index is 13.8. The van der Waals surface area contributed by atoms with Gasteiger partial charge in [-0.2, -0.15) is 4.31 Å². The van der Waals surface area contributed by atoms with E-state index in [0.29, 0.717) is 0 Å². The van der Waals surface area contributed by atoms with Gasteiger partial charge in [-0.3, -0.25) is 9.69 Å². The summed E-state index contributed by atoms with van der Waals surface area (Å²) >= 11 is 12.0. The molecule has 2 aromatic rings. The molecule has 3 rings (SSSR count). The molecule has 2 aromatic carbocycles. The Kier molecular flexibility index (Phi) is 6.98. The van der Waals surface area contributed by atoms with Crippen LogP contribution in [0.3, 0.4) is 0 Å². The predicted molar refractivity (Wildman–Crippen MR) is 111 cm³/mol. The summed E-state index contributed by atoms with van der Waals surface area (Å²) < 4.78 is 54.6. The molecule has 1 unspecified atom stereocenters. The van der Waals surface area contributed by atoms with Crippen LogP contribution in [0.2, 0.25) is 10.0 Å². The summed E-state index contributed by atoms with van der Waals surface area (Å²) in [5.41, 5.74) is -0.508. The van der Waals surface area contributed by atoms with Gasteiger partial charge in [0.25, 0.3) is 0 Å². The highest BCUT2D eigenvalue weighted by atomic mass is 35.5. The number of hydrogen-bond acceptors (Lipinski definition) is 4. The van der Waals surface area contributed by atoms with Crippen molar-refractivity contribution < 1.29 is 22.0 Å². The van der Waals surface area contributed by atoms with Crippen LogP contribution in [0.5, 0.6) is 0 Å². The van der Waals surface area contributed by atoms with E-state index >= 15 is 0 Å². The topological polar surface area (TPSA) is 69.7 Å². The maximum Gasteiger partial charge on any atom is 0.244 e. The van der Waals surface area contributed by atoms with Crippen LogP contribution >= 0.6 is 23.2 Å². The molecule has 1 aliphatic heterocycles. The van der Waals surface area contributed by atoms with Crippen molar-refractivity contribution in [3.8, 4) is 0 Å². The quantitative estimate of drug-likeness (QED) is 0.713. The fourth-order valence-corrected chi connectivity index (χ4v) is 5.32. The SMILES string of the molecule is CC(C(=O)Nc1c(F)cccc1F)N1CCN(S(=O)(=O)c2cccc(Cl)c2Cl)CC1. The molecule has 0 aliphatic carbocycles. The number of nitrogens with zero attached hydrogens (tertiary/aromatic N) is 2. The van der Waals surface area contributed by atoms with Crippen LogP contribution in [-0.4, -0.2) is 55.8 Å². The molecule has 0 aromatic heterocycles. The normalized spacial score (nSPS) is 17.0. The van der Waals surface area contributed by atoms with E-state index < -0.39 is 39.3 Å². The van der Waals surface area contributed by atoms with Gasteiger partial charge in [0.2, 0.25) is 15.9 Å². The zero-order chi connectivity index (χ0) is 22.1. The average Bonchev–Trinajstić information content (AvgIpc) is 2.72. The van der Waals surface area contributed by atoms with Gasteiger partial charge < -0.3 is 5.32 Å². The lowest BCUT2D eigenvalue weighted by atomic mass is 10.2. The summed E-state index contributed by atoms with van der Waals surface area (Å²) in [6, 6.07) is 6.97. The Morgan fingerprint density at radius 1 is 1.03 bits per heavy atom. The first kappa shape index (κ1) is 22.9. The summed E-state index contributed by atoms with van der Waals surface area (Å²) in [4.78, 5) is 14.1. The Morgan fingerprint density at radius 3 is 2.20 bits per heavy atom. The highest BCUT2D eigenvalue weighted by molar-refractivity contribution is 7.89. The summed E-state index contributed by atoms with van der Waals surface area (Å²) in [5.74, 6) is -2.33. The number of amides is 1. The molecule has 30 heavy (non-hydrogen) atoms. The van der Waals surface area contributed by atoms with E-state index in [4.69, 9.17) is 23.2 Å². The molecule has 1 amide bonds. The van der Waals surface area contributed by atoms with Crippen LogP contribution in [0.4, 0.5) is 14.5 Å². The van der Waals surface area contributed by atoms with Gasteiger partial charge in [0.1, 0.15) is 22.2 Å². The molecule has 11 heteroatoms. The Balaban J connectivity index is 1.66. The highest BCUT2D eigenvalue weighted by Crippen LogP contribution is 2.31. The Hall–Kier alpha value is -1.78. The number of anilines is 1. The molecule has 162 valence electrons. The van der Waals surface area contributed by atoms with Crippen molar-refractivity contribution in [3.05, 3.63) is 58.1 Å². The second-order valence-corrected chi connectivity index (χ2v) is 9.45. The fraction of sp³-hybridized carbons (Fsp3) is 0.316. The van der Waals surface area contributed by atoms with Gasteiger partial charge in [0, 0.05) is 26.2 Å². The minimum Gasteiger partial charge on any atom is -0.320 e. The Labute approximate surface area is 183 Å². The number of para-hydroxylation sites is 1. The van der Waals surface area contributed by atoms with E-state index in [-0.39, 0.29) is 41.1 Å². The number of rotatable bonds is 5. The second-order valence-electron chi connectivity index (χ2n) is 6.75. The number of piperazine rings is 1. The molecule has 1 saturated heterocycles. The fourth-order valence-electron chi connectivity index (χ4n) is 3.16. The third-order valence-electron chi connectivity index (χ3n) is 4.95. The minimum atomic E-state index is -3.85. The van der Waals surface area contributed by atoms with E-state index in [2.05, 4.69) is 5.32 Å². The van der Waals surface area contributed by atoms with Gasteiger partial charge in [-0.1, -0.05) is 35.3 Å². The first-order chi connectivity index (χ1) is 14.1. The van der Waals surface area contributed by atoms with E-state index in [1.165, 1.54) is 28.6 Å². The van der Waals surface area contributed by atoms with Crippen molar-refractivity contribution in [2.24, 2.45) is 0 Å². The molecule has 0 bridgehead atoms. The Bertz CT molecular complexity index is 1040. The van der Waals surface area contributed by atoms with Gasteiger partial charge in [0.15, 0.2) is 0 Å². The zero-order valence-electron chi connectivity index (χ0n) is 15.9. The third-order valence-corrected chi connectivity index (χ3v) is 7.82. The van der Waals surface area contributed by atoms with E-state index in [1.807, 2.05) is 0 Å². The predicted octanol–water partition coefficient (Wildman–Crippen LogP) is 3.61. The highest BCUT2D eigenvalue weighted by Gasteiger charge is 2.33. The summed E-state index contributed by atoms with van der Waals surface area (Å²) in [6.07, 6.45) is 0. The number of benzene rings is 2. The third kappa shape index (κ3) is 4.60. The van der Waals surface area contributed by atoms with E-state index in [1.54, 1.807) is 11.8 Å². The van der Waals surface area contributed by atoms with Gasteiger partial charge >= 0.3 is 0 Å². The van der Waals surface area contributed by atoms with Crippen LogP contribution in [0, 0.1) is 11.6 Å². The second kappa shape index (κ2) is 9.15. The van der Waals surface area contributed by atoms with Gasteiger partial charge in [0.05, 0.1) is 16.1 Å². The molecular formula is C19H19Cl2F2N3O3S. The van der Waals surface area contributed by atoms with Crippen molar-refractivity contribution in [1.29, 1.82) is 0 Å². The largest absolute Gasteiger partial charge is 0.320 e. The lowest BCUT2D eigenvalue weighted by Gasteiger charge is -2.36. The van der Waals surface area contributed by atoms with Crippen molar-refractivity contribution in [2.45, 2.75) is 17.9 Å². The number of nitrogens with one attached hydrogen (secondary N) is 1. The molecule has 1 aliphatic rings. The molecule has 6 nitrogen and oxygen atoms in total. The molecule has 1 heterocycles. The number of sulfonamides is 1. The molecule has 1 fully saturated rings. The van der Waals surface area contributed by atoms with Crippen molar-refractivity contribution in [2.75, 3.05) is 31.5 Å². The summed E-state index contributed by atoms with van der Waals surface area (Å²) in [5, 5.41) is 2.36. The zero-order valence-corrected chi connectivity index (χ0v) is 18.2. The van der Waals surface area contributed by atoms with Crippen molar-refractivity contribution >= 4 is 44.8 Å².